The number of hydrogen-bond acceptors (Lipinski definition) is 3. The van der Waals surface area contributed by atoms with Gasteiger partial charge < -0.3 is 14.2 Å². The van der Waals surface area contributed by atoms with E-state index in [2.05, 4.69) is 35.8 Å². The first kappa shape index (κ1) is 14.7. The minimum Gasteiger partial charge on any atom is -0.496 e. The van der Waals surface area contributed by atoms with Gasteiger partial charge in [0.1, 0.15) is 11.5 Å². The number of halogens is 1. The molecule has 1 aromatic carbocycles. The second kappa shape index (κ2) is 6.14. The van der Waals surface area contributed by atoms with Gasteiger partial charge >= 0.3 is 0 Å². The van der Waals surface area contributed by atoms with Gasteiger partial charge in [0, 0.05) is 6.07 Å². The maximum Gasteiger partial charge on any atom is 0.136 e. The average Bonchev–Trinajstić information content (AvgIpc) is 3.11. The van der Waals surface area contributed by atoms with Crippen molar-refractivity contribution in [2.45, 2.75) is 44.8 Å². The summed E-state index contributed by atoms with van der Waals surface area (Å²) < 4.78 is 17.3. The van der Waals surface area contributed by atoms with Crippen molar-refractivity contribution in [2.24, 2.45) is 0 Å². The van der Waals surface area contributed by atoms with E-state index in [4.69, 9.17) is 14.2 Å². The van der Waals surface area contributed by atoms with Gasteiger partial charge in [0.25, 0.3) is 0 Å². The normalized spacial score (nSPS) is 23.0. The molecule has 3 unspecified atom stereocenters. The van der Waals surface area contributed by atoms with E-state index in [9.17, 15) is 0 Å². The van der Waals surface area contributed by atoms with Gasteiger partial charge in [-0.1, -0.05) is 6.92 Å². The fourth-order valence-corrected chi connectivity index (χ4v) is 3.00. The van der Waals surface area contributed by atoms with Crippen LogP contribution in [0.2, 0.25) is 0 Å². The lowest BCUT2D eigenvalue weighted by atomic mass is 9.90. The molecular weight excluding hydrogens is 308 g/mol. The van der Waals surface area contributed by atoms with Crippen LogP contribution in [0.15, 0.2) is 16.6 Å². The van der Waals surface area contributed by atoms with Crippen molar-refractivity contribution in [1.82, 2.24) is 0 Å². The molecule has 0 saturated carbocycles. The van der Waals surface area contributed by atoms with Gasteiger partial charge in [-0.15, -0.1) is 0 Å². The predicted octanol–water partition coefficient (Wildman–Crippen LogP) is 4.14. The van der Waals surface area contributed by atoms with Crippen LogP contribution in [-0.2, 0) is 4.74 Å². The second-order valence-electron chi connectivity index (χ2n) is 4.95. The van der Waals surface area contributed by atoms with E-state index in [1.165, 1.54) is 5.56 Å². The van der Waals surface area contributed by atoms with E-state index >= 15 is 0 Å². The molecule has 1 aliphatic rings. The van der Waals surface area contributed by atoms with Gasteiger partial charge in [0.15, 0.2) is 0 Å². The van der Waals surface area contributed by atoms with Crippen LogP contribution in [0, 0.1) is 0 Å². The van der Waals surface area contributed by atoms with Gasteiger partial charge in [0.05, 0.1) is 30.9 Å². The minimum absolute atomic E-state index is 0.399. The van der Waals surface area contributed by atoms with Crippen LogP contribution in [-0.4, -0.2) is 26.4 Å². The molecule has 1 saturated heterocycles. The summed E-state index contributed by atoms with van der Waals surface area (Å²) in [4.78, 5) is 0. The van der Waals surface area contributed by atoms with Crippen LogP contribution in [0.25, 0.3) is 0 Å². The first-order chi connectivity index (χ1) is 9.10. The van der Waals surface area contributed by atoms with E-state index in [-0.39, 0.29) is 0 Å². The SMILES string of the molecule is CCC(CC1OC1C)c1cc(Br)c(OC)cc1OC. The zero-order valence-corrected chi connectivity index (χ0v) is 13.5. The number of epoxide rings is 1. The first-order valence-electron chi connectivity index (χ1n) is 6.67. The summed E-state index contributed by atoms with van der Waals surface area (Å²) in [5.41, 5.74) is 1.22. The van der Waals surface area contributed by atoms with E-state index in [1.54, 1.807) is 14.2 Å². The molecule has 19 heavy (non-hydrogen) atoms. The Hall–Kier alpha value is -0.740. The second-order valence-corrected chi connectivity index (χ2v) is 5.80. The molecule has 0 amide bonds. The Labute approximate surface area is 123 Å². The number of methoxy groups -OCH3 is 2. The molecule has 4 heteroatoms. The Morgan fingerprint density at radius 1 is 1.26 bits per heavy atom. The van der Waals surface area contributed by atoms with E-state index in [0.29, 0.717) is 18.1 Å². The third kappa shape index (κ3) is 3.23. The molecule has 0 aromatic heterocycles. The topological polar surface area (TPSA) is 31.0 Å². The predicted molar refractivity (Wildman–Crippen MR) is 79.2 cm³/mol. The van der Waals surface area contributed by atoms with Crippen molar-refractivity contribution in [1.29, 1.82) is 0 Å². The Morgan fingerprint density at radius 3 is 2.37 bits per heavy atom. The van der Waals surface area contributed by atoms with Crippen LogP contribution < -0.4 is 9.47 Å². The van der Waals surface area contributed by atoms with Gasteiger partial charge in [0.2, 0.25) is 0 Å². The smallest absolute Gasteiger partial charge is 0.136 e. The Bertz CT molecular complexity index is 447. The van der Waals surface area contributed by atoms with Crippen LogP contribution in [0.4, 0.5) is 0 Å². The molecule has 0 N–H and O–H groups in total. The number of ether oxygens (including phenoxy) is 3. The molecule has 3 atom stereocenters. The van der Waals surface area contributed by atoms with Gasteiger partial charge in [-0.3, -0.25) is 0 Å². The van der Waals surface area contributed by atoms with Crippen molar-refractivity contribution >= 4 is 15.9 Å². The summed E-state index contributed by atoms with van der Waals surface area (Å²) in [5, 5.41) is 0. The highest BCUT2D eigenvalue weighted by Gasteiger charge is 2.36. The molecule has 0 bridgehead atoms. The zero-order valence-electron chi connectivity index (χ0n) is 11.9. The van der Waals surface area contributed by atoms with Gasteiger partial charge in [-0.2, -0.15) is 0 Å². The highest BCUT2D eigenvalue weighted by atomic mass is 79.9. The van der Waals surface area contributed by atoms with Crippen molar-refractivity contribution in [3.05, 3.63) is 22.2 Å². The molecule has 1 aliphatic heterocycles. The molecule has 3 nitrogen and oxygen atoms in total. The molecular formula is C15H21BrO3. The highest BCUT2D eigenvalue weighted by molar-refractivity contribution is 9.10. The third-order valence-electron chi connectivity index (χ3n) is 3.79. The summed E-state index contributed by atoms with van der Waals surface area (Å²) >= 11 is 3.55. The molecule has 0 radical (unpaired) electrons. The Morgan fingerprint density at radius 2 is 1.89 bits per heavy atom. The highest BCUT2D eigenvalue weighted by Crippen LogP contribution is 2.41. The largest absolute Gasteiger partial charge is 0.496 e. The number of rotatable bonds is 6. The fourth-order valence-electron chi connectivity index (χ4n) is 2.47. The Kier molecular flexibility index (Phi) is 4.74. The van der Waals surface area contributed by atoms with Crippen LogP contribution in [0.1, 0.15) is 38.2 Å². The average molecular weight is 329 g/mol. The molecule has 1 fully saturated rings. The van der Waals surface area contributed by atoms with E-state index in [0.717, 1.165) is 28.8 Å². The lowest BCUT2D eigenvalue weighted by Gasteiger charge is -2.19. The minimum atomic E-state index is 0.399. The number of hydrogen-bond donors (Lipinski definition) is 0. The Balaban J connectivity index is 2.27. The molecule has 2 rings (SSSR count). The monoisotopic (exact) mass is 328 g/mol. The summed E-state index contributed by atoms with van der Waals surface area (Å²) in [6.07, 6.45) is 2.92. The van der Waals surface area contributed by atoms with Crippen LogP contribution >= 0.6 is 15.9 Å². The van der Waals surface area contributed by atoms with Crippen LogP contribution in [0.5, 0.6) is 11.5 Å². The number of benzene rings is 1. The quantitative estimate of drug-likeness (QED) is 0.735. The van der Waals surface area contributed by atoms with E-state index < -0.39 is 0 Å². The summed E-state index contributed by atoms with van der Waals surface area (Å²) in [5.74, 6) is 2.14. The molecule has 1 heterocycles. The lowest BCUT2D eigenvalue weighted by Crippen LogP contribution is -2.05. The molecule has 0 spiro atoms. The molecule has 1 aromatic rings. The maximum absolute atomic E-state index is 5.54. The summed E-state index contributed by atoms with van der Waals surface area (Å²) in [6.45, 7) is 4.33. The third-order valence-corrected chi connectivity index (χ3v) is 4.41. The van der Waals surface area contributed by atoms with Crippen molar-refractivity contribution < 1.29 is 14.2 Å². The van der Waals surface area contributed by atoms with Gasteiger partial charge in [-0.25, -0.2) is 0 Å². The molecule has 106 valence electrons. The summed E-state index contributed by atoms with van der Waals surface area (Å²) in [7, 11) is 3.37. The zero-order chi connectivity index (χ0) is 14.0. The fraction of sp³-hybridized carbons (Fsp3) is 0.600. The lowest BCUT2D eigenvalue weighted by molar-refractivity contribution is 0.351. The van der Waals surface area contributed by atoms with E-state index in [1.807, 2.05) is 6.07 Å². The standard InChI is InChI=1S/C15H21BrO3/c1-5-10(6-13-9(2)19-13)11-7-12(16)15(18-4)8-14(11)17-3/h7-10,13H,5-6H2,1-4H3. The van der Waals surface area contributed by atoms with Crippen molar-refractivity contribution in [2.75, 3.05) is 14.2 Å². The maximum atomic E-state index is 5.54. The van der Waals surface area contributed by atoms with Gasteiger partial charge in [-0.05, 0) is 53.2 Å². The van der Waals surface area contributed by atoms with Crippen molar-refractivity contribution in [3.8, 4) is 11.5 Å². The van der Waals surface area contributed by atoms with Crippen LogP contribution in [0.3, 0.4) is 0 Å². The van der Waals surface area contributed by atoms with Crippen molar-refractivity contribution in [3.63, 3.8) is 0 Å². The first-order valence-corrected chi connectivity index (χ1v) is 7.46. The summed E-state index contributed by atoms with van der Waals surface area (Å²) in [6, 6.07) is 4.05. The molecule has 0 aliphatic carbocycles.